The summed E-state index contributed by atoms with van der Waals surface area (Å²) in [4.78, 5) is 4.17. The normalized spacial score (nSPS) is 27.6. The fourth-order valence-electron chi connectivity index (χ4n) is 3.36. The van der Waals surface area contributed by atoms with Crippen molar-refractivity contribution in [1.82, 2.24) is 4.98 Å². The van der Waals surface area contributed by atoms with Crippen molar-refractivity contribution in [3.8, 4) is 0 Å². The van der Waals surface area contributed by atoms with E-state index in [1.807, 2.05) is 24.5 Å². The van der Waals surface area contributed by atoms with Gasteiger partial charge in [0, 0.05) is 17.8 Å². The molecule has 3 rings (SSSR count). The summed E-state index contributed by atoms with van der Waals surface area (Å²) in [6.07, 6.45) is 8.95. The quantitative estimate of drug-likeness (QED) is 0.879. The molecule has 0 bridgehead atoms. The molecule has 0 atom stereocenters. The number of hydrogen-bond acceptors (Lipinski definition) is 2. The Bertz CT molecular complexity index is 565. The molecule has 0 radical (unpaired) electrons. The lowest BCUT2D eigenvalue weighted by molar-refractivity contribution is -0.0132. The largest absolute Gasteiger partial charge is 0.385 e. The summed E-state index contributed by atoms with van der Waals surface area (Å²) in [5.74, 6) is 0.789. The topological polar surface area (TPSA) is 33.1 Å². The van der Waals surface area contributed by atoms with Crippen molar-refractivity contribution >= 4 is 10.8 Å². The summed E-state index contributed by atoms with van der Waals surface area (Å²) in [5, 5.41) is 13.3. The first-order valence-electron chi connectivity index (χ1n) is 7.28. The molecule has 1 fully saturated rings. The van der Waals surface area contributed by atoms with Crippen LogP contribution in [0.5, 0.6) is 0 Å². The van der Waals surface area contributed by atoms with Gasteiger partial charge in [0.15, 0.2) is 0 Å². The molecule has 1 heterocycles. The minimum Gasteiger partial charge on any atom is -0.385 e. The molecule has 1 aliphatic rings. The number of benzene rings is 1. The van der Waals surface area contributed by atoms with Gasteiger partial charge in [-0.05, 0) is 48.6 Å². The molecule has 0 aliphatic heterocycles. The summed E-state index contributed by atoms with van der Waals surface area (Å²) >= 11 is 0. The standard InChI is InChI=1S/C17H21NO/c1-2-13-6-9-17(19,10-7-13)16-5-3-4-14-12-18-11-8-15(14)16/h3-5,8,11-13,19H,2,6-7,9-10H2,1H3. The summed E-state index contributed by atoms with van der Waals surface area (Å²) in [6.45, 7) is 2.25. The number of fused-ring (bicyclic) bond motifs is 1. The van der Waals surface area contributed by atoms with E-state index in [9.17, 15) is 5.11 Å². The van der Waals surface area contributed by atoms with Gasteiger partial charge in [-0.2, -0.15) is 0 Å². The van der Waals surface area contributed by atoms with Gasteiger partial charge in [-0.15, -0.1) is 0 Å². The van der Waals surface area contributed by atoms with Crippen LogP contribution >= 0.6 is 0 Å². The van der Waals surface area contributed by atoms with Crippen LogP contribution in [0.3, 0.4) is 0 Å². The van der Waals surface area contributed by atoms with Crippen molar-refractivity contribution in [2.24, 2.45) is 5.92 Å². The average molecular weight is 255 g/mol. The van der Waals surface area contributed by atoms with Gasteiger partial charge >= 0.3 is 0 Å². The molecule has 1 saturated carbocycles. The van der Waals surface area contributed by atoms with Gasteiger partial charge in [0.1, 0.15) is 0 Å². The summed E-state index contributed by atoms with van der Waals surface area (Å²) in [5.41, 5.74) is 0.439. The van der Waals surface area contributed by atoms with Crippen LogP contribution in [-0.2, 0) is 5.60 Å². The maximum Gasteiger partial charge on any atom is 0.0902 e. The van der Waals surface area contributed by atoms with Gasteiger partial charge in [0.25, 0.3) is 0 Å². The lowest BCUT2D eigenvalue weighted by atomic mass is 9.73. The Morgan fingerprint density at radius 2 is 2.05 bits per heavy atom. The Kier molecular flexibility index (Phi) is 3.28. The zero-order valence-electron chi connectivity index (χ0n) is 11.5. The Balaban J connectivity index is 2.00. The van der Waals surface area contributed by atoms with Crippen molar-refractivity contribution in [1.29, 1.82) is 0 Å². The molecule has 0 saturated heterocycles. The first-order chi connectivity index (χ1) is 9.23. The minimum absolute atomic E-state index is 0.646. The Morgan fingerprint density at radius 3 is 2.79 bits per heavy atom. The lowest BCUT2D eigenvalue weighted by Gasteiger charge is -2.36. The van der Waals surface area contributed by atoms with Gasteiger partial charge in [-0.1, -0.05) is 31.5 Å². The van der Waals surface area contributed by atoms with Crippen LogP contribution in [0.1, 0.15) is 44.6 Å². The van der Waals surface area contributed by atoms with Crippen molar-refractivity contribution in [2.45, 2.75) is 44.6 Å². The highest BCUT2D eigenvalue weighted by Crippen LogP contribution is 2.42. The monoisotopic (exact) mass is 255 g/mol. The SMILES string of the molecule is CCC1CCC(O)(c2cccc3cnccc23)CC1. The highest BCUT2D eigenvalue weighted by Gasteiger charge is 2.35. The van der Waals surface area contributed by atoms with E-state index >= 15 is 0 Å². The second-order valence-electron chi connectivity index (χ2n) is 5.79. The summed E-state index contributed by atoms with van der Waals surface area (Å²) in [7, 11) is 0. The number of nitrogens with zero attached hydrogens (tertiary/aromatic N) is 1. The molecule has 2 nitrogen and oxygen atoms in total. The molecule has 0 spiro atoms. The highest BCUT2D eigenvalue weighted by molar-refractivity contribution is 5.85. The Labute approximate surface area is 114 Å². The fourth-order valence-corrected chi connectivity index (χ4v) is 3.36. The summed E-state index contributed by atoms with van der Waals surface area (Å²) in [6, 6.07) is 8.19. The van der Waals surface area contributed by atoms with E-state index < -0.39 is 5.60 Å². The molecule has 1 N–H and O–H groups in total. The second kappa shape index (κ2) is 4.93. The number of aliphatic hydroxyl groups is 1. The molecular weight excluding hydrogens is 234 g/mol. The van der Waals surface area contributed by atoms with E-state index in [0.29, 0.717) is 0 Å². The molecule has 2 aromatic rings. The Morgan fingerprint density at radius 1 is 1.26 bits per heavy atom. The predicted octanol–water partition coefficient (Wildman–Crippen LogP) is 4.02. The van der Waals surface area contributed by atoms with Gasteiger partial charge in [0.2, 0.25) is 0 Å². The highest BCUT2D eigenvalue weighted by atomic mass is 16.3. The number of rotatable bonds is 2. The average Bonchev–Trinajstić information content (AvgIpc) is 2.47. The molecule has 1 aromatic heterocycles. The molecule has 0 unspecified atom stereocenters. The van der Waals surface area contributed by atoms with E-state index in [0.717, 1.165) is 47.9 Å². The third-order valence-corrected chi connectivity index (χ3v) is 4.69. The van der Waals surface area contributed by atoms with Crippen molar-refractivity contribution < 1.29 is 5.11 Å². The molecule has 100 valence electrons. The number of pyridine rings is 1. The molecule has 19 heavy (non-hydrogen) atoms. The molecule has 0 amide bonds. The number of hydrogen-bond donors (Lipinski definition) is 1. The smallest absolute Gasteiger partial charge is 0.0902 e. The van der Waals surface area contributed by atoms with Crippen LogP contribution in [0, 0.1) is 5.92 Å². The first kappa shape index (κ1) is 12.6. The van der Waals surface area contributed by atoms with Crippen molar-refractivity contribution in [3.63, 3.8) is 0 Å². The van der Waals surface area contributed by atoms with Gasteiger partial charge in [-0.25, -0.2) is 0 Å². The van der Waals surface area contributed by atoms with Crippen LogP contribution < -0.4 is 0 Å². The van der Waals surface area contributed by atoms with Crippen LogP contribution in [-0.4, -0.2) is 10.1 Å². The Hall–Kier alpha value is -1.41. The minimum atomic E-state index is -0.646. The molecule has 1 aromatic carbocycles. The fraction of sp³-hybridized carbons (Fsp3) is 0.471. The van der Waals surface area contributed by atoms with E-state index in [-0.39, 0.29) is 0 Å². The van der Waals surface area contributed by atoms with Gasteiger partial charge in [0.05, 0.1) is 5.60 Å². The maximum absolute atomic E-state index is 11.0. The molecule has 1 aliphatic carbocycles. The maximum atomic E-state index is 11.0. The van der Waals surface area contributed by atoms with Crippen LogP contribution in [0.2, 0.25) is 0 Å². The van der Waals surface area contributed by atoms with Gasteiger partial charge < -0.3 is 5.11 Å². The molecular formula is C17H21NO. The van der Waals surface area contributed by atoms with Crippen LogP contribution in [0.15, 0.2) is 36.7 Å². The summed E-state index contributed by atoms with van der Waals surface area (Å²) < 4.78 is 0. The van der Waals surface area contributed by atoms with E-state index in [4.69, 9.17) is 0 Å². The van der Waals surface area contributed by atoms with E-state index in [1.165, 1.54) is 6.42 Å². The second-order valence-corrected chi connectivity index (χ2v) is 5.79. The van der Waals surface area contributed by atoms with E-state index in [2.05, 4.69) is 24.0 Å². The third-order valence-electron chi connectivity index (χ3n) is 4.69. The van der Waals surface area contributed by atoms with Crippen molar-refractivity contribution in [3.05, 3.63) is 42.2 Å². The zero-order valence-corrected chi connectivity index (χ0v) is 11.5. The van der Waals surface area contributed by atoms with E-state index in [1.54, 1.807) is 0 Å². The molecule has 2 heteroatoms. The third kappa shape index (κ3) is 2.25. The lowest BCUT2D eigenvalue weighted by Crippen LogP contribution is -2.31. The van der Waals surface area contributed by atoms with Crippen molar-refractivity contribution in [2.75, 3.05) is 0 Å². The van der Waals surface area contributed by atoms with Gasteiger partial charge in [-0.3, -0.25) is 4.98 Å². The predicted molar refractivity (Wildman–Crippen MR) is 77.9 cm³/mol. The number of aromatic nitrogens is 1. The van der Waals surface area contributed by atoms with Crippen LogP contribution in [0.4, 0.5) is 0 Å². The first-order valence-corrected chi connectivity index (χ1v) is 7.28. The van der Waals surface area contributed by atoms with Crippen LogP contribution in [0.25, 0.3) is 10.8 Å². The zero-order chi connectivity index (χ0) is 13.3.